The Morgan fingerprint density at radius 3 is 2.56 bits per heavy atom. The van der Waals surface area contributed by atoms with E-state index in [1.165, 1.54) is 30.5 Å². The van der Waals surface area contributed by atoms with Crippen LogP contribution < -0.4 is 9.46 Å². The van der Waals surface area contributed by atoms with E-state index in [0.717, 1.165) is 54.6 Å². The average Bonchev–Trinajstić information content (AvgIpc) is 3.14. The summed E-state index contributed by atoms with van der Waals surface area (Å²) in [7, 11) is 0.254. The van der Waals surface area contributed by atoms with E-state index >= 15 is 0 Å². The Morgan fingerprint density at radius 1 is 0.949 bits per heavy atom. The number of rotatable bonds is 1. The van der Waals surface area contributed by atoms with Crippen LogP contribution >= 0.6 is 0 Å². The molecule has 1 aromatic heterocycles. The summed E-state index contributed by atoms with van der Waals surface area (Å²) in [5, 5.41) is 1.15. The molecule has 1 saturated carbocycles. The summed E-state index contributed by atoms with van der Waals surface area (Å²) in [6, 6.07) is 14.0. The van der Waals surface area contributed by atoms with E-state index in [4.69, 9.17) is 4.74 Å². The van der Waals surface area contributed by atoms with Gasteiger partial charge in [0.05, 0.1) is 18.0 Å². The first-order valence-electron chi connectivity index (χ1n) is 14.2. The Balaban J connectivity index is 1.57. The number of para-hydroxylation sites is 1. The van der Waals surface area contributed by atoms with E-state index < -0.39 is 15.9 Å². The van der Waals surface area contributed by atoms with Gasteiger partial charge in [-0.15, -0.1) is 0 Å². The summed E-state index contributed by atoms with van der Waals surface area (Å²) in [5.74, 6) is 0.609. The molecule has 2 aliphatic heterocycles. The molecule has 1 aliphatic carbocycles. The number of carbonyl (C=O) groups is 1. The zero-order chi connectivity index (χ0) is 27.1. The smallest absolute Gasteiger partial charge is 0.264 e. The van der Waals surface area contributed by atoms with Crippen LogP contribution in [0.5, 0.6) is 5.75 Å². The van der Waals surface area contributed by atoms with Gasteiger partial charge in [-0.1, -0.05) is 37.5 Å². The van der Waals surface area contributed by atoms with Gasteiger partial charge in [0, 0.05) is 35.1 Å². The van der Waals surface area contributed by atoms with Crippen molar-refractivity contribution in [3.63, 3.8) is 0 Å². The maximum absolute atomic E-state index is 13.2. The first kappa shape index (κ1) is 26.3. The number of carbonyl (C=O) groups excluding carboxylic acids is 1. The fourth-order valence-corrected chi connectivity index (χ4v) is 7.56. The van der Waals surface area contributed by atoms with Gasteiger partial charge in [-0.3, -0.25) is 9.69 Å². The summed E-state index contributed by atoms with van der Waals surface area (Å²) in [6.07, 6.45) is 6.68. The molecule has 0 unspecified atom stereocenters. The highest BCUT2D eigenvalue weighted by molar-refractivity contribution is 7.90. The Hall–Kier alpha value is -2.88. The van der Waals surface area contributed by atoms with Gasteiger partial charge in [-0.25, -0.2) is 13.1 Å². The molecule has 39 heavy (non-hydrogen) atoms. The largest absolute Gasteiger partial charge is 0.473 e. The SMILES string of the molecule is CN1CCCN(C)[C@H]2Cn3c(c(C4CCCCC4)c4ccc(cc43)C(=O)NS(=O)(=O)CC1)-c1ccccc1O2. The molecule has 0 radical (unpaired) electrons. The zero-order valence-electron chi connectivity index (χ0n) is 22.9. The molecule has 1 amide bonds. The second-order valence-corrected chi connectivity index (χ2v) is 13.2. The quantitative estimate of drug-likeness (QED) is 0.484. The molecule has 208 valence electrons. The zero-order valence-corrected chi connectivity index (χ0v) is 23.7. The van der Waals surface area contributed by atoms with Gasteiger partial charge in [0.2, 0.25) is 10.0 Å². The van der Waals surface area contributed by atoms with Crippen LogP contribution in [0.15, 0.2) is 42.5 Å². The molecule has 3 aliphatic rings. The minimum atomic E-state index is -3.76. The Bertz CT molecular complexity index is 1490. The van der Waals surface area contributed by atoms with Gasteiger partial charge in [0.1, 0.15) is 5.75 Å². The fraction of sp³-hybridized carbons (Fsp3) is 0.500. The first-order valence-corrected chi connectivity index (χ1v) is 15.8. The minimum absolute atomic E-state index is 0.124. The van der Waals surface area contributed by atoms with Gasteiger partial charge in [-0.05, 0) is 75.6 Å². The lowest BCUT2D eigenvalue weighted by atomic mass is 9.81. The topological polar surface area (TPSA) is 83.9 Å². The predicted octanol–water partition coefficient (Wildman–Crippen LogP) is 4.40. The molecule has 0 saturated heterocycles. The number of aromatic nitrogens is 1. The molecule has 1 fully saturated rings. The Morgan fingerprint density at radius 2 is 1.74 bits per heavy atom. The van der Waals surface area contributed by atoms with Crippen molar-refractivity contribution in [1.29, 1.82) is 0 Å². The lowest BCUT2D eigenvalue weighted by Gasteiger charge is -2.29. The maximum atomic E-state index is 13.2. The Labute approximate surface area is 231 Å². The summed E-state index contributed by atoms with van der Waals surface area (Å²) in [4.78, 5) is 17.5. The number of benzene rings is 2. The standard InChI is InChI=1S/C30H38N4O4S/c1-32-15-8-16-33(2)27-20-34-25-19-22(30(35)31-39(36,37)18-17-32)13-14-23(25)28(21-9-4-3-5-10-21)29(34)24-11-6-7-12-26(24)38-27/h6-7,11-14,19,21,27H,3-5,8-10,15-18,20H2,1-2H3,(H,31,35)/t27-/m1/s1. The number of hydrogen-bond donors (Lipinski definition) is 1. The fourth-order valence-electron chi connectivity index (χ4n) is 6.51. The highest BCUT2D eigenvalue weighted by Crippen LogP contribution is 2.47. The van der Waals surface area contributed by atoms with Crippen LogP contribution in [0.25, 0.3) is 22.2 Å². The van der Waals surface area contributed by atoms with Crippen LogP contribution in [0.4, 0.5) is 0 Å². The van der Waals surface area contributed by atoms with Crippen LogP contribution in [0, 0.1) is 0 Å². The normalized spacial score (nSPS) is 23.3. The number of amides is 1. The molecule has 3 heterocycles. The molecule has 4 bridgehead atoms. The maximum Gasteiger partial charge on any atom is 0.264 e. The van der Waals surface area contributed by atoms with Gasteiger partial charge in [0.15, 0.2) is 6.23 Å². The van der Waals surface area contributed by atoms with Crippen molar-refractivity contribution in [3.8, 4) is 17.0 Å². The van der Waals surface area contributed by atoms with Crippen molar-refractivity contribution in [2.24, 2.45) is 0 Å². The van der Waals surface area contributed by atoms with Gasteiger partial charge >= 0.3 is 0 Å². The number of fused-ring (bicyclic) bond motifs is 4. The first-order chi connectivity index (χ1) is 18.8. The number of hydrogen-bond acceptors (Lipinski definition) is 6. The molecular formula is C30H38N4O4S. The van der Waals surface area contributed by atoms with Gasteiger partial charge in [-0.2, -0.15) is 0 Å². The molecule has 1 atom stereocenters. The molecular weight excluding hydrogens is 512 g/mol. The lowest BCUT2D eigenvalue weighted by molar-refractivity contribution is 0.0330. The molecule has 9 heteroatoms. The molecule has 8 nitrogen and oxygen atoms in total. The van der Waals surface area contributed by atoms with E-state index in [0.29, 0.717) is 24.6 Å². The van der Waals surface area contributed by atoms with E-state index in [2.05, 4.69) is 39.4 Å². The summed E-state index contributed by atoms with van der Waals surface area (Å²) in [5.41, 5.74) is 4.90. The molecule has 6 rings (SSSR count). The predicted molar refractivity (Wildman–Crippen MR) is 154 cm³/mol. The van der Waals surface area contributed by atoms with Crippen LogP contribution in [0.1, 0.15) is 60.4 Å². The van der Waals surface area contributed by atoms with Crippen molar-refractivity contribution < 1.29 is 17.9 Å². The number of nitrogens with zero attached hydrogens (tertiary/aromatic N) is 3. The summed E-state index contributed by atoms with van der Waals surface area (Å²) < 4.78 is 36.8. The van der Waals surface area contributed by atoms with Crippen molar-refractivity contribution in [1.82, 2.24) is 19.1 Å². The molecule has 2 aromatic carbocycles. The Kier molecular flexibility index (Phi) is 7.16. The minimum Gasteiger partial charge on any atom is -0.473 e. The second kappa shape index (κ2) is 10.6. The third kappa shape index (κ3) is 5.19. The van der Waals surface area contributed by atoms with E-state index in [9.17, 15) is 13.2 Å². The lowest BCUT2D eigenvalue weighted by Crippen LogP contribution is -2.41. The van der Waals surface area contributed by atoms with Crippen LogP contribution in [-0.2, 0) is 16.6 Å². The van der Waals surface area contributed by atoms with Crippen LogP contribution in [0.2, 0.25) is 0 Å². The summed E-state index contributed by atoms with van der Waals surface area (Å²) in [6.45, 7) is 2.54. The highest BCUT2D eigenvalue weighted by atomic mass is 32.2. The van der Waals surface area contributed by atoms with E-state index in [1.807, 2.05) is 30.1 Å². The van der Waals surface area contributed by atoms with E-state index in [1.54, 1.807) is 6.07 Å². The van der Waals surface area contributed by atoms with Crippen LogP contribution in [-0.4, -0.2) is 74.4 Å². The number of nitrogens with one attached hydrogen (secondary N) is 1. The average molecular weight is 551 g/mol. The van der Waals surface area contributed by atoms with Crippen LogP contribution in [0.3, 0.4) is 0 Å². The van der Waals surface area contributed by atoms with E-state index in [-0.39, 0.29) is 12.0 Å². The number of sulfonamides is 1. The monoisotopic (exact) mass is 550 g/mol. The number of likely N-dealkylation sites (N-methyl/N-ethyl adjacent to an activating group) is 1. The number of ether oxygens (including phenoxy) is 1. The third-order valence-electron chi connectivity index (χ3n) is 8.66. The molecule has 1 N–H and O–H groups in total. The molecule has 0 spiro atoms. The van der Waals surface area contributed by atoms with Crippen molar-refractivity contribution >= 4 is 26.8 Å². The van der Waals surface area contributed by atoms with Crippen molar-refractivity contribution in [2.75, 3.05) is 39.5 Å². The molecule has 3 aromatic rings. The van der Waals surface area contributed by atoms with Gasteiger partial charge in [0.25, 0.3) is 5.91 Å². The van der Waals surface area contributed by atoms with Gasteiger partial charge < -0.3 is 14.2 Å². The second-order valence-electron chi connectivity index (χ2n) is 11.4. The summed E-state index contributed by atoms with van der Waals surface area (Å²) >= 11 is 0. The third-order valence-corrected chi connectivity index (χ3v) is 9.87. The van der Waals surface area contributed by atoms with Crippen molar-refractivity contribution in [2.45, 2.75) is 57.2 Å². The van der Waals surface area contributed by atoms with Crippen molar-refractivity contribution in [3.05, 3.63) is 53.6 Å². The highest BCUT2D eigenvalue weighted by Gasteiger charge is 2.33.